The van der Waals surface area contributed by atoms with Gasteiger partial charge in [0.05, 0.1) is 0 Å². The highest BCUT2D eigenvalue weighted by Gasteiger charge is 2.23. The fourth-order valence-electron chi connectivity index (χ4n) is 2.57. The first-order valence-corrected chi connectivity index (χ1v) is 8.27. The first-order valence-electron chi connectivity index (χ1n) is 8.27. The average Bonchev–Trinajstić information content (AvgIpc) is 3.16. The van der Waals surface area contributed by atoms with Crippen LogP contribution in [-0.4, -0.2) is 27.5 Å². The van der Waals surface area contributed by atoms with Crippen molar-refractivity contribution >= 4 is 18.3 Å². The van der Waals surface area contributed by atoms with Crippen LogP contribution in [0.2, 0.25) is 0 Å². The fraction of sp³-hybridized carbons (Fsp3) is 0.150. The van der Waals surface area contributed by atoms with Crippen LogP contribution in [0.3, 0.4) is 0 Å². The van der Waals surface area contributed by atoms with Crippen molar-refractivity contribution in [1.82, 2.24) is 15.0 Å². The van der Waals surface area contributed by atoms with Gasteiger partial charge >= 0.3 is 0 Å². The number of hydrogen-bond donors (Lipinski definition) is 1. The third kappa shape index (κ3) is 5.03. The molecular formula is C20H21ClN4O2. The Morgan fingerprint density at radius 3 is 2.41 bits per heavy atom. The average molecular weight is 385 g/mol. The van der Waals surface area contributed by atoms with Crippen molar-refractivity contribution in [3.8, 4) is 11.4 Å². The Labute approximate surface area is 164 Å². The Balaban J connectivity index is 0.00000261. The first-order chi connectivity index (χ1) is 12.7. The van der Waals surface area contributed by atoms with Gasteiger partial charge in [-0.2, -0.15) is 4.98 Å². The predicted molar refractivity (Wildman–Crippen MR) is 106 cm³/mol. The van der Waals surface area contributed by atoms with E-state index in [4.69, 9.17) is 10.3 Å². The molecule has 0 aliphatic rings. The minimum absolute atomic E-state index is 0. The van der Waals surface area contributed by atoms with E-state index in [0.29, 0.717) is 18.3 Å². The molecule has 3 rings (SSSR count). The number of carbonyl (C=O) groups is 1. The Morgan fingerprint density at radius 2 is 1.78 bits per heavy atom. The van der Waals surface area contributed by atoms with Crippen LogP contribution in [0, 0.1) is 0 Å². The summed E-state index contributed by atoms with van der Waals surface area (Å²) in [5.41, 5.74) is 7.73. The summed E-state index contributed by atoms with van der Waals surface area (Å²) >= 11 is 0. The SMILES string of the molecule is C=CCN(Cc1nc(-c2ccccc2)no1)C(=O)[C@H](N)c1ccccc1.Cl. The zero-order valence-electron chi connectivity index (χ0n) is 14.7. The van der Waals surface area contributed by atoms with Gasteiger partial charge in [-0.1, -0.05) is 71.9 Å². The van der Waals surface area contributed by atoms with Gasteiger partial charge in [-0.3, -0.25) is 4.79 Å². The second-order valence-electron chi connectivity index (χ2n) is 5.77. The van der Waals surface area contributed by atoms with E-state index in [1.807, 2.05) is 60.7 Å². The highest BCUT2D eigenvalue weighted by molar-refractivity contribution is 5.85. The molecule has 0 saturated heterocycles. The highest BCUT2D eigenvalue weighted by atomic mass is 35.5. The number of nitrogens with two attached hydrogens (primary N) is 1. The summed E-state index contributed by atoms with van der Waals surface area (Å²) in [6.07, 6.45) is 1.64. The van der Waals surface area contributed by atoms with E-state index in [1.165, 1.54) is 0 Å². The van der Waals surface area contributed by atoms with E-state index in [9.17, 15) is 4.79 Å². The van der Waals surface area contributed by atoms with E-state index in [-0.39, 0.29) is 24.9 Å². The van der Waals surface area contributed by atoms with E-state index < -0.39 is 6.04 Å². The molecule has 7 heteroatoms. The van der Waals surface area contributed by atoms with E-state index in [0.717, 1.165) is 11.1 Å². The first kappa shape index (κ1) is 20.4. The summed E-state index contributed by atoms with van der Waals surface area (Å²) in [6.45, 7) is 4.22. The molecule has 0 aliphatic heterocycles. The summed E-state index contributed by atoms with van der Waals surface area (Å²) in [6, 6.07) is 18.0. The quantitative estimate of drug-likeness (QED) is 0.631. The summed E-state index contributed by atoms with van der Waals surface area (Å²) in [4.78, 5) is 18.7. The summed E-state index contributed by atoms with van der Waals surface area (Å²) < 4.78 is 5.30. The van der Waals surface area contributed by atoms with Gasteiger partial charge in [0.15, 0.2) is 0 Å². The van der Waals surface area contributed by atoms with Gasteiger partial charge in [-0.05, 0) is 5.56 Å². The molecule has 1 amide bonds. The lowest BCUT2D eigenvalue weighted by molar-refractivity contribution is -0.133. The van der Waals surface area contributed by atoms with Crippen molar-refractivity contribution in [1.29, 1.82) is 0 Å². The summed E-state index contributed by atoms with van der Waals surface area (Å²) in [5.74, 6) is 0.605. The van der Waals surface area contributed by atoms with Crippen molar-refractivity contribution < 1.29 is 9.32 Å². The molecule has 2 N–H and O–H groups in total. The smallest absolute Gasteiger partial charge is 0.246 e. The summed E-state index contributed by atoms with van der Waals surface area (Å²) in [7, 11) is 0. The largest absolute Gasteiger partial charge is 0.337 e. The van der Waals surface area contributed by atoms with Crippen molar-refractivity contribution in [2.45, 2.75) is 12.6 Å². The number of hydrogen-bond acceptors (Lipinski definition) is 5. The van der Waals surface area contributed by atoms with Gasteiger partial charge in [0, 0.05) is 12.1 Å². The minimum Gasteiger partial charge on any atom is -0.337 e. The van der Waals surface area contributed by atoms with Crippen LogP contribution >= 0.6 is 12.4 Å². The maximum Gasteiger partial charge on any atom is 0.246 e. The third-order valence-corrected chi connectivity index (χ3v) is 3.91. The predicted octanol–water partition coefficient (Wildman–Crippen LogP) is 3.37. The molecular weight excluding hydrogens is 364 g/mol. The number of aromatic nitrogens is 2. The number of rotatable bonds is 7. The Bertz CT molecular complexity index is 868. The van der Waals surface area contributed by atoms with Gasteiger partial charge in [-0.25, -0.2) is 0 Å². The zero-order valence-corrected chi connectivity index (χ0v) is 15.5. The number of carbonyl (C=O) groups excluding carboxylic acids is 1. The van der Waals surface area contributed by atoms with E-state index in [1.54, 1.807) is 11.0 Å². The Kier molecular flexibility index (Phi) is 7.28. The highest BCUT2D eigenvalue weighted by Crippen LogP contribution is 2.18. The fourth-order valence-corrected chi connectivity index (χ4v) is 2.57. The van der Waals surface area contributed by atoms with Gasteiger partial charge in [0.1, 0.15) is 12.6 Å². The molecule has 0 bridgehead atoms. The molecule has 1 aromatic heterocycles. The molecule has 0 unspecified atom stereocenters. The lowest BCUT2D eigenvalue weighted by Crippen LogP contribution is -2.38. The lowest BCUT2D eigenvalue weighted by Gasteiger charge is -2.23. The van der Waals surface area contributed by atoms with Crippen LogP contribution in [0.1, 0.15) is 17.5 Å². The lowest BCUT2D eigenvalue weighted by atomic mass is 10.1. The Morgan fingerprint density at radius 1 is 1.15 bits per heavy atom. The van der Waals surface area contributed by atoms with Gasteiger partial charge in [0.25, 0.3) is 0 Å². The minimum atomic E-state index is -0.757. The molecule has 1 atom stereocenters. The van der Waals surface area contributed by atoms with Gasteiger partial charge in [0.2, 0.25) is 17.6 Å². The Hall–Kier alpha value is -2.96. The van der Waals surface area contributed by atoms with Crippen LogP contribution in [0.25, 0.3) is 11.4 Å². The van der Waals surface area contributed by atoms with E-state index in [2.05, 4.69) is 16.7 Å². The standard InChI is InChI=1S/C20H20N4O2.ClH/c1-2-13-24(20(25)18(21)15-9-5-3-6-10-15)14-17-22-19(23-26-17)16-11-7-4-8-12-16;/h2-12,18H,1,13-14,21H2;1H/t18-;/m1./s1. The van der Waals surface area contributed by atoms with Crippen LogP contribution in [0.5, 0.6) is 0 Å². The number of benzene rings is 2. The van der Waals surface area contributed by atoms with Crippen LogP contribution in [0.4, 0.5) is 0 Å². The molecule has 0 radical (unpaired) electrons. The molecule has 27 heavy (non-hydrogen) atoms. The van der Waals surface area contributed by atoms with Crippen molar-refractivity contribution in [2.75, 3.05) is 6.54 Å². The second kappa shape index (κ2) is 9.66. The molecule has 2 aromatic carbocycles. The molecule has 0 aliphatic carbocycles. The maximum absolute atomic E-state index is 12.8. The van der Waals surface area contributed by atoms with Crippen LogP contribution in [0.15, 0.2) is 77.8 Å². The van der Waals surface area contributed by atoms with Crippen LogP contribution < -0.4 is 5.73 Å². The normalized spacial score (nSPS) is 11.3. The van der Waals surface area contributed by atoms with Crippen LogP contribution in [-0.2, 0) is 11.3 Å². The topological polar surface area (TPSA) is 85.2 Å². The number of nitrogens with zero attached hydrogens (tertiary/aromatic N) is 3. The summed E-state index contributed by atoms with van der Waals surface area (Å²) in [5, 5.41) is 3.98. The second-order valence-corrected chi connectivity index (χ2v) is 5.77. The maximum atomic E-state index is 12.8. The molecule has 3 aromatic rings. The van der Waals surface area contributed by atoms with Crippen molar-refractivity contribution in [3.63, 3.8) is 0 Å². The zero-order chi connectivity index (χ0) is 18.4. The molecule has 1 heterocycles. The van der Waals surface area contributed by atoms with Crippen molar-refractivity contribution in [2.24, 2.45) is 5.73 Å². The number of amides is 1. The monoisotopic (exact) mass is 384 g/mol. The number of halogens is 1. The van der Waals surface area contributed by atoms with Crippen molar-refractivity contribution in [3.05, 3.63) is 84.8 Å². The third-order valence-electron chi connectivity index (χ3n) is 3.91. The molecule has 0 spiro atoms. The molecule has 0 fully saturated rings. The molecule has 0 saturated carbocycles. The molecule has 6 nitrogen and oxygen atoms in total. The van der Waals surface area contributed by atoms with Gasteiger partial charge in [-0.15, -0.1) is 19.0 Å². The van der Waals surface area contributed by atoms with Gasteiger partial charge < -0.3 is 15.2 Å². The molecule has 140 valence electrons. The van der Waals surface area contributed by atoms with E-state index >= 15 is 0 Å².